The molecule has 59 valence electrons. The Labute approximate surface area is 65.0 Å². The number of carbonyl (C=O) groups is 1. The Hall–Kier alpha value is -1.32. The summed E-state index contributed by atoms with van der Waals surface area (Å²) in [5.41, 5.74) is 5.31. The van der Waals surface area contributed by atoms with Gasteiger partial charge in [-0.1, -0.05) is 6.92 Å². The molecule has 0 aromatic carbocycles. The molecule has 4 heteroatoms. The van der Waals surface area contributed by atoms with Gasteiger partial charge in [0.05, 0.1) is 0 Å². The van der Waals surface area contributed by atoms with Gasteiger partial charge in [0.25, 0.3) is 5.91 Å². The van der Waals surface area contributed by atoms with Crippen molar-refractivity contribution in [3.8, 4) is 0 Å². The molecular weight excluding hydrogens is 142 g/mol. The topological polar surface area (TPSA) is 60.9 Å². The molecule has 4 nitrogen and oxygen atoms in total. The molecule has 0 bridgehead atoms. The fourth-order valence-electron chi connectivity index (χ4n) is 0.782. The Balaban J connectivity index is 2.73. The van der Waals surface area contributed by atoms with Crippen LogP contribution in [-0.4, -0.2) is 15.7 Å². The van der Waals surface area contributed by atoms with E-state index in [1.54, 1.807) is 16.9 Å². The second kappa shape index (κ2) is 3.18. The standard InChI is InChI=1S/C7H10N3O/c1-2-4-10-5-3-6(9-10)7(8)11/h2-3,5H,4H2,1H3,(H2,8,11). The van der Waals surface area contributed by atoms with Crippen molar-refractivity contribution in [3.63, 3.8) is 0 Å². The first-order valence-electron chi connectivity index (χ1n) is 3.35. The number of hydrogen-bond donors (Lipinski definition) is 1. The lowest BCUT2D eigenvalue weighted by Crippen LogP contribution is -2.12. The van der Waals surface area contributed by atoms with Crippen LogP contribution in [0.15, 0.2) is 12.3 Å². The zero-order valence-corrected chi connectivity index (χ0v) is 6.32. The van der Waals surface area contributed by atoms with Gasteiger partial charge in [0.1, 0.15) is 5.69 Å². The van der Waals surface area contributed by atoms with Crippen LogP contribution in [-0.2, 0) is 6.54 Å². The van der Waals surface area contributed by atoms with Gasteiger partial charge < -0.3 is 5.73 Å². The van der Waals surface area contributed by atoms with Crippen LogP contribution >= 0.6 is 0 Å². The van der Waals surface area contributed by atoms with Crippen molar-refractivity contribution in [2.45, 2.75) is 13.5 Å². The summed E-state index contributed by atoms with van der Waals surface area (Å²) in [4.78, 5) is 10.6. The van der Waals surface area contributed by atoms with E-state index >= 15 is 0 Å². The number of nitrogens with zero attached hydrogens (tertiary/aromatic N) is 2. The molecule has 0 saturated carbocycles. The van der Waals surface area contributed by atoms with Crippen LogP contribution in [0.25, 0.3) is 0 Å². The van der Waals surface area contributed by atoms with Crippen LogP contribution in [0.4, 0.5) is 0 Å². The number of nitrogens with two attached hydrogens (primary N) is 1. The molecule has 2 N–H and O–H groups in total. The zero-order valence-electron chi connectivity index (χ0n) is 6.32. The van der Waals surface area contributed by atoms with Crippen LogP contribution in [0.3, 0.4) is 0 Å². The minimum atomic E-state index is -0.486. The Morgan fingerprint density at radius 2 is 2.64 bits per heavy atom. The van der Waals surface area contributed by atoms with Crippen LogP contribution < -0.4 is 5.73 Å². The maximum Gasteiger partial charge on any atom is 0.269 e. The predicted molar refractivity (Wildman–Crippen MR) is 40.7 cm³/mol. The van der Waals surface area contributed by atoms with Gasteiger partial charge in [-0.25, -0.2) is 0 Å². The second-order valence-corrected chi connectivity index (χ2v) is 2.20. The second-order valence-electron chi connectivity index (χ2n) is 2.20. The lowest BCUT2D eigenvalue weighted by atomic mass is 10.4. The van der Waals surface area contributed by atoms with E-state index in [9.17, 15) is 4.79 Å². The minimum Gasteiger partial charge on any atom is -0.364 e. The molecule has 0 saturated heterocycles. The number of hydrogen-bond acceptors (Lipinski definition) is 2. The molecule has 0 fully saturated rings. The smallest absolute Gasteiger partial charge is 0.269 e. The van der Waals surface area contributed by atoms with Gasteiger partial charge in [-0.05, 0) is 12.5 Å². The molecule has 1 rings (SSSR count). The van der Waals surface area contributed by atoms with Gasteiger partial charge in [-0.15, -0.1) is 0 Å². The third-order valence-corrected chi connectivity index (χ3v) is 1.26. The first kappa shape index (κ1) is 7.78. The van der Waals surface area contributed by atoms with Crippen LogP contribution in [0.1, 0.15) is 17.4 Å². The molecule has 0 aliphatic carbocycles. The molecule has 1 aromatic rings. The normalized spacial score (nSPS) is 9.91. The van der Waals surface area contributed by atoms with Gasteiger partial charge >= 0.3 is 0 Å². The third-order valence-electron chi connectivity index (χ3n) is 1.26. The Morgan fingerprint density at radius 1 is 1.91 bits per heavy atom. The maximum absolute atomic E-state index is 10.6. The number of amides is 1. The molecule has 0 unspecified atom stereocenters. The summed E-state index contributed by atoms with van der Waals surface area (Å²) in [5, 5.41) is 3.91. The van der Waals surface area contributed by atoms with E-state index in [1.165, 1.54) is 0 Å². The van der Waals surface area contributed by atoms with Gasteiger partial charge in [0, 0.05) is 12.7 Å². The van der Waals surface area contributed by atoms with Gasteiger partial charge in [0.2, 0.25) is 0 Å². The molecule has 0 aliphatic rings. The Bertz CT molecular complexity index is 254. The summed E-state index contributed by atoms with van der Waals surface area (Å²) in [6.45, 7) is 2.62. The van der Waals surface area contributed by atoms with E-state index in [2.05, 4.69) is 5.10 Å². The van der Waals surface area contributed by atoms with Crippen molar-refractivity contribution in [2.75, 3.05) is 0 Å². The molecular formula is C7H10N3O. The van der Waals surface area contributed by atoms with E-state index < -0.39 is 5.91 Å². The van der Waals surface area contributed by atoms with Crippen molar-refractivity contribution in [1.82, 2.24) is 9.78 Å². The molecule has 0 aliphatic heterocycles. The van der Waals surface area contributed by atoms with Crippen molar-refractivity contribution >= 4 is 5.91 Å². The molecule has 11 heavy (non-hydrogen) atoms. The fraction of sp³-hybridized carbons (Fsp3) is 0.286. The lowest BCUT2D eigenvalue weighted by Gasteiger charge is -1.94. The summed E-state index contributed by atoms with van der Waals surface area (Å²) in [5.74, 6) is -0.486. The summed E-state index contributed by atoms with van der Waals surface area (Å²) >= 11 is 0. The van der Waals surface area contributed by atoms with Crippen molar-refractivity contribution in [3.05, 3.63) is 24.4 Å². The van der Waals surface area contributed by atoms with Gasteiger partial charge in [0.15, 0.2) is 0 Å². The number of aromatic nitrogens is 2. The summed E-state index contributed by atoms with van der Waals surface area (Å²) in [7, 11) is 0. The largest absolute Gasteiger partial charge is 0.364 e. The van der Waals surface area contributed by atoms with E-state index in [0.29, 0.717) is 12.2 Å². The van der Waals surface area contributed by atoms with Crippen molar-refractivity contribution in [2.24, 2.45) is 5.73 Å². The third kappa shape index (κ3) is 1.80. The highest BCUT2D eigenvalue weighted by molar-refractivity contribution is 5.90. The maximum atomic E-state index is 10.6. The predicted octanol–water partition coefficient (Wildman–Crippen LogP) is 0.206. The minimum absolute atomic E-state index is 0.312. The molecule has 0 spiro atoms. The molecule has 1 heterocycles. The molecule has 1 radical (unpaired) electrons. The van der Waals surface area contributed by atoms with Crippen LogP contribution in [0.5, 0.6) is 0 Å². The molecule has 1 amide bonds. The van der Waals surface area contributed by atoms with E-state index in [0.717, 1.165) is 0 Å². The quantitative estimate of drug-likeness (QED) is 0.672. The highest BCUT2D eigenvalue weighted by Crippen LogP contribution is 1.94. The lowest BCUT2D eigenvalue weighted by molar-refractivity contribution is 0.0995. The van der Waals surface area contributed by atoms with Gasteiger partial charge in [-0.2, -0.15) is 5.10 Å². The van der Waals surface area contributed by atoms with Gasteiger partial charge in [-0.3, -0.25) is 9.48 Å². The summed E-state index contributed by atoms with van der Waals surface area (Å²) in [6, 6.07) is 1.60. The van der Waals surface area contributed by atoms with Crippen LogP contribution in [0.2, 0.25) is 0 Å². The van der Waals surface area contributed by atoms with E-state index in [-0.39, 0.29) is 0 Å². The summed E-state index contributed by atoms with van der Waals surface area (Å²) in [6.07, 6.45) is 3.66. The molecule has 0 atom stereocenters. The average Bonchev–Trinajstić information content (AvgIpc) is 2.37. The van der Waals surface area contributed by atoms with Crippen molar-refractivity contribution in [1.29, 1.82) is 0 Å². The van der Waals surface area contributed by atoms with E-state index in [4.69, 9.17) is 5.73 Å². The highest BCUT2D eigenvalue weighted by atomic mass is 16.1. The Morgan fingerprint density at radius 3 is 3.09 bits per heavy atom. The Kier molecular flexibility index (Phi) is 2.25. The fourth-order valence-corrected chi connectivity index (χ4v) is 0.782. The number of rotatable bonds is 3. The SMILES string of the molecule is C[CH]Cn1ccc(C(N)=O)n1. The highest BCUT2D eigenvalue weighted by Gasteiger charge is 2.02. The van der Waals surface area contributed by atoms with E-state index in [1.807, 2.05) is 13.3 Å². The molecule has 1 aromatic heterocycles. The zero-order chi connectivity index (χ0) is 8.27. The summed E-state index contributed by atoms with van der Waals surface area (Å²) < 4.78 is 1.65. The van der Waals surface area contributed by atoms with Crippen molar-refractivity contribution < 1.29 is 4.79 Å². The number of primary amides is 1. The first-order chi connectivity index (χ1) is 5.24. The average molecular weight is 152 g/mol. The van der Waals surface area contributed by atoms with Crippen LogP contribution in [0, 0.1) is 6.42 Å². The monoisotopic (exact) mass is 152 g/mol. The number of carbonyl (C=O) groups excluding carboxylic acids is 1. The first-order valence-corrected chi connectivity index (χ1v) is 3.35.